The van der Waals surface area contributed by atoms with Crippen LogP contribution in [-0.4, -0.2) is 11.6 Å². The first-order chi connectivity index (χ1) is 9.70. The highest BCUT2D eigenvalue weighted by atomic mass is 16.5. The van der Waals surface area contributed by atoms with Crippen molar-refractivity contribution >= 4 is 16.8 Å². The van der Waals surface area contributed by atoms with Crippen molar-refractivity contribution in [2.24, 2.45) is 0 Å². The van der Waals surface area contributed by atoms with E-state index in [9.17, 15) is 0 Å². The third-order valence-electron chi connectivity index (χ3n) is 3.03. The van der Waals surface area contributed by atoms with E-state index < -0.39 is 0 Å². The van der Waals surface area contributed by atoms with Crippen LogP contribution in [0.1, 0.15) is 11.5 Å². The molecule has 4 nitrogen and oxygen atoms in total. The minimum absolute atomic E-state index is 0.533. The molecule has 4 heteroatoms. The van der Waals surface area contributed by atoms with Gasteiger partial charge in [0.25, 0.3) is 0 Å². The Morgan fingerprint density at radius 2 is 2.10 bits per heavy atom. The summed E-state index contributed by atoms with van der Waals surface area (Å²) >= 11 is 0. The largest absolute Gasteiger partial charge is 0.493 e. The van der Waals surface area contributed by atoms with Gasteiger partial charge in [0.05, 0.1) is 13.0 Å². The van der Waals surface area contributed by atoms with E-state index in [0.717, 1.165) is 16.8 Å². The molecule has 0 atom stereocenters. The number of aryl methyl sites for hydroxylation is 1. The van der Waals surface area contributed by atoms with E-state index in [1.165, 1.54) is 5.56 Å². The molecule has 1 heterocycles. The lowest BCUT2D eigenvalue weighted by Gasteiger charge is -2.04. The molecule has 3 aromatic rings. The molecule has 0 saturated heterocycles. The fourth-order valence-electron chi connectivity index (χ4n) is 2.06. The second kappa shape index (κ2) is 5.25. The van der Waals surface area contributed by atoms with E-state index in [1.807, 2.05) is 43.3 Å². The SMILES string of the molecule is Cc1cccc(OCCc2nc3cc(N)ccc3o2)c1. The normalized spacial score (nSPS) is 10.8. The van der Waals surface area contributed by atoms with Crippen LogP contribution in [0, 0.1) is 6.92 Å². The van der Waals surface area contributed by atoms with Gasteiger partial charge >= 0.3 is 0 Å². The van der Waals surface area contributed by atoms with E-state index >= 15 is 0 Å². The third-order valence-corrected chi connectivity index (χ3v) is 3.03. The minimum atomic E-state index is 0.533. The topological polar surface area (TPSA) is 61.3 Å². The van der Waals surface area contributed by atoms with Crippen molar-refractivity contribution in [3.8, 4) is 5.75 Å². The van der Waals surface area contributed by atoms with Crippen LogP contribution in [-0.2, 0) is 6.42 Å². The molecule has 3 rings (SSSR count). The summed E-state index contributed by atoms with van der Waals surface area (Å²) in [5.41, 5.74) is 9.13. The number of fused-ring (bicyclic) bond motifs is 1. The van der Waals surface area contributed by atoms with Crippen LogP contribution >= 0.6 is 0 Å². The van der Waals surface area contributed by atoms with Gasteiger partial charge in [0.15, 0.2) is 11.5 Å². The van der Waals surface area contributed by atoms with Crippen molar-refractivity contribution in [3.63, 3.8) is 0 Å². The lowest BCUT2D eigenvalue weighted by molar-refractivity contribution is 0.308. The lowest BCUT2D eigenvalue weighted by Crippen LogP contribution is -2.01. The number of benzene rings is 2. The quantitative estimate of drug-likeness (QED) is 0.737. The number of hydrogen-bond acceptors (Lipinski definition) is 4. The van der Waals surface area contributed by atoms with E-state index in [4.69, 9.17) is 14.9 Å². The molecule has 2 N–H and O–H groups in total. The van der Waals surface area contributed by atoms with Crippen LogP contribution in [0.5, 0.6) is 5.75 Å². The maximum Gasteiger partial charge on any atom is 0.198 e. The molecular formula is C16H16N2O2. The zero-order valence-corrected chi connectivity index (χ0v) is 11.3. The minimum Gasteiger partial charge on any atom is -0.493 e. The second-order valence-electron chi connectivity index (χ2n) is 4.75. The van der Waals surface area contributed by atoms with Crippen molar-refractivity contribution in [2.45, 2.75) is 13.3 Å². The van der Waals surface area contributed by atoms with Crippen LogP contribution in [0.4, 0.5) is 5.69 Å². The molecule has 0 aliphatic heterocycles. The molecule has 20 heavy (non-hydrogen) atoms. The van der Waals surface area contributed by atoms with Gasteiger partial charge in [0.1, 0.15) is 11.3 Å². The fourth-order valence-corrected chi connectivity index (χ4v) is 2.06. The van der Waals surface area contributed by atoms with Gasteiger partial charge in [-0.3, -0.25) is 0 Å². The number of nitrogen functional groups attached to an aromatic ring is 1. The number of oxazole rings is 1. The van der Waals surface area contributed by atoms with Gasteiger partial charge < -0.3 is 14.9 Å². The Morgan fingerprint density at radius 1 is 1.20 bits per heavy atom. The summed E-state index contributed by atoms with van der Waals surface area (Å²) in [5.74, 6) is 1.53. The van der Waals surface area contributed by atoms with Crippen molar-refractivity contribution in [3.05, 3.63) is 53.9 Å². The Morgan fingerprint density at radius 3 is 2.95 bits per heavy atom. The highest BCUT2D eigenvalue weighted by Crippen LogP contribution is 2.19. The van der Waals surface area contributed by atoms with E-state index in [0.29, 0.717) is 24.6 Å². The Labute approximate surface area is 117 Å². The summed E-state index contributed by atoms with van der Waals surface area (Å²) in [7, 11) is 0. The maximum absolute atomic E-state index is 5.72. The fraction of sp³-hybridized carbons (Fsp3) is 0.188. The van der Waals surface area contributed by atoms with Gasteiger partial charge in [0, 0.05) is 5.69 Å². The van der Waals surface area contributed by atoms with Crippen LogP contribution < -0.4 is 10.5 Å². The molecule has 0 aliphatic rings. The number of nitrogens with two attached hydrogens (primary N) is 1. The highest BCUT2D eigenvalue weighted by Gasteiger charge is 2.06. The van der Waals surface area contributed by atoms with Crippen LogP contribution in [0.3, 0.4) is 0 Å². The Balaban J connectivity index is 1.65. The summed E-state index contributed by atoms with van der Waals surface area (Å²) < 4.78 is 11.3. The molecule has 0 bridgehead atoms. The first-order valence-electron chi connectivity index (χ1n) is 6.55. The molecule has 2 aromatic carbocycles. The predicted molar refractivity (Wildman–Crippen MR) is 78.8 cm³/mol. The molecule has 0 spiro atoms. The van der Waals surface area contributed by atoms with Crippen LogP contribution in [0.15, 0.2) is 46.9 Å². The molecule has 0 amide bonds. The van der Waals surface area contributed by atoms with E-state index in [1.54, 1.807) is 6.07 Å². The summed E-state index contributed by atoms with van der Waals surface area (Å²) in [6.45, 7) is 2.57. The molecule has 102 valence electrons. The standard InChI is InChI=1S/C16H16N2O2/c1-11-3-2-4-13(9-11)19-8-7-16-18-14-10-12(17)5-6-15(14)20-16/h2-6,9-10H,7-8,17H2,1H3. The van der Waals surface area contributed by atoms with Gasteiger partial charge in [-0.25, -0.2) is 4.98 Å². The molecule has 0 saturated carbocycles. The summed E-state index contributed by atoms with van der Waals surface area (Å²) in [6, 6.07) is 13.4. The van der Waals surface area contributed by atoms with Gasteiger partial charge in [-0.2, -0.15) is 0 Å². The summed E-state index contributed by atoms with van der Waals surface area (Å²) in [5, 5.41) is 0. The molecule has 0 fully saturated rings. The Bertz CT molecular complexity index is 734. The summed E-state index contributed by atoms with van der Waals surface area (Å²) in [4.78, 5) is 4.40. The van der Waals surface area contributed by atoms with Gasteiger partial charge in [0.2, 0.25) is 0 Å². The number of nitrogens with zero attached hydrogens (tertiary/aromatic N) is 1. The maximum atomic E-state index is 5.72. The predicted octanol–water partition coefficient (Wildman–Crippen LogP) is 3.34. The van der Waals surface area contributed by atoms with E-state index in [2.05, 4.69) is 4.98 Å². The smallest absolute Gasteiger partial charge is 0.198 e. The van der Waals surface area contributed by atoms with Crippen molar-refractivity contribution < 1.29 is 9.15 Å². The zero-order valence-electron chi connectivity index (χ0n) is 11.3. The number of anilines is 1. The van der Waals surface area contributed by atoms with Crippen molar-refractivity contribution in [1.82, 2.24) is 4.98 Å². The second-order valence-corrected chi connectivity index (χ2v) is 4.75. The number of hydrogen-bond donors (Lipinski definition) is 1. The average Bonchev–Trinajstić information content (AvgIpc) is 2.80. The Kier molecular flexibility index (Phi) is 3.29. The molecule has 0 radical (unpaired) electrons. The molecule has 0 aliphatic carbocycles. The molecule has 1 aromatic heterocycles. The molecular weight excluding hydrogens is 252 g/mol. The average molecular weight is 268 g/mol. The van der Waals surface area contributed by atoms with Gasteiger partial charge in [-0.05, 0) is 42.8 Å². The first-order valence-corrected chi connectivity index (χ1v) is 6.55. The lowest BCUT2D eigenvalue weighted by atomic mass is 10.2. The number of rotatable bonds is 4. The van der Waals surface area contributed by atoms with Gasteiger partial charge in [-0.1, -0.05) is 12.1 Å². The zero-order chi connectivity index (χ0) is 13.9. The van der Waals surface area contributed by atoms with Crippen LogP contribution in [0.25, 0.3) is 11.1 Å². The van der Waals surface area contributed by atoms with Crippen molar-refractivity contribution in [1.29, 1.82) is 0 Å². The highest BCUT2D eigenvalue weighted by molar-refractivity contribution is 5.76. The first kappa shape index (κ1) is 12.5. The Hall–Kier alpha value is -2.49. The monoisotopic (exact) mass is 268 g/mol. The summed E-state index contributed by atoms with van der Waals surface area (Å²) in [6.07, 6.45) is 0.628. The third kappa shape index (κ3) is 2.74. The number of aromatic nitrogens is 1. The number of ether oxygens (including phenoxy) is 1. The van der Waals surface area contributed by atoms with E-state index in [-0.39, 0.29) is 0 Å². The molecule has 0 unspecified atom stereocenters. The van der Waals surface area contributed by atoms with Crippen LogP contribution in [0.2, 0.25) is 0 Å². The van der Waals surface area contributed by atoms with Gasteiger partial charge in [-0.15, -0.1) is 0 Å². The van der Waals surface area contributed by atoms with Crippen molar-refractivity contribution in [2.75, 3.05) is 12.3 Å².